The molecule has 0 radical (unpaired) electrons. The fourth-order valence-electron chi connectivity index (χ4n) is 2.17. The van der Waals surface area contributed by atoms with Crippen LogP contribution in [0.25, 0.3) is 0 Å². The van der Waals surface area contributed by atoms with Gasteiger partial charge in [0, 0.05) is 12.7 Å². The van der Waals surface area contributed by atoms with Crippen LogP contribution in [0, 0.1) is 17.2 Å². The summed E-state index contributed by atoms with van der Waals surface area (Å²) in [4.78, 5) is 4.16. The third-order valence-corrected chi connectivity index (χ3v) is 3.14. The van der Waals surface area contributed by atoms with Crippen LogP contribution in [0.15, 0.2) is 12.3 Å². The summed E-state index contributed by atoms with van der Waals surface area (Å²) in [6.45, 7) is 0.909. The number of nitrogens with zero attached hydrogens (tertiary/aromatic N) is 2. The third-order valence-electron chi connectivity index (χ3n) is 3.14. The molecule has 1 aromatic heterocycles. The predicted octanol–water partition coefficient (Wildman–Crippen LogP) is 2.14. The maximum absolute atomic E-state index is 8.84. The molecular weight excluding hydrogens is 200 g/mol. The zero-order chi connectivity index (χ0) is 11.4. The van der Waals surface area contributed by atoms with Gasteiger partial charge in [-0.3, -0.25) is 0 Å². The summed E-state index contributed by atoms with van der Waals surface area (Å²) >= 11 is 0. The topological polar surface area (TPSA) is 74.7 Å². The highest BCUT2D eigenvalue weighted by Crippen LogP contribution is 2.26. The highest BCUT2D eigenvalue weighted by atomic mass is 15.0. The summed E-state index contributed by atoms with van der Waals surface area (Å²) in [6.07, 6.45) is 6.84. The zero-order valence-corrected chi connectivity index (χ0v) is 9.24. The van der Waals surface area contributed by atoms with Crippen LogP contribution < -0.4 is 11.1 Å². The molecule has 16 heavy (non-hydrogen) atoms. The van der Waals surface area contributed by atoms with Crippen molar-refractivity contribution in [3.8, 4) is 6.07 Å². The SMILES string of the molecule is N#Cc1ccnc(NCC2CCCC2)c1N. The lowest BCUT2D eigenvalue weighted by molar-refractivity contribution is 0.579. The minimum Gasteiger partial charge on any atom is -0.395 e. The second-order valence-electron chi connectivity index (χ2n) is 4.26. The molecule has 1 heterocycles. The van der Waals surface area contributed by atoms with Crippen molar-refractivity contribution in [2.24, 2.45) is 5.92 Å². The first-order valence-corrected chi connectivity index (χ1v) is 5.69. The first-order chi connectivity index (χ1) is 7.81. The second kappa shape index (κ2) is 4.84. The summed E-state index contributed by atoms with van der Waals surface area (Å²) in [7, 11) is 0. The van der Waals surface area contributed by atoms with Crippen LogP contribution in [0.2, 0.25) is 0 Å². The largest absolute Gasteiger partial charge is 0.395 e. The molecule has 4 heteroatoms. The molecule has 0 bridgehead atoms. The molecule has 0 aromatic carbocycles. The number of aromatic nitrogens is 1. The molecule has 0 amide bonds. The van der Waals surface area contributed by atoms with E-state index < -0.39 is 0 Å². The number of hydrogen-bond acceptors (Lipinski definition) is 4. The van der Waals surface area contributed by atoms with Crippen LogP contribution in [0.1, 0.15) is 31.2 Å². The molecule has 2 rings (SSSR count). The Hall–Kier alpha value is -1.76. The summed E-state index contributed by atoms with van der Waals surface area (Å²) in [6, 6.07) is 3.69. The predicted molar refractivity (Wildman–Crippen MR) is 63.8 cm³/mol. The molecule has 0 spiro atoms. The summed E-state index contributed by atoms with van der Waals surface area (Å²) in [5, 5.41) is 12.1. The van der Waals surface area contributed by atoms with Crippen LogP contribution in [-0.2, 0) is 0 Å². The van der Waals surface area contributed by atoms with Crippen molar-refractivity contribution in [1.82, 2.24) is 4.98 Å². The van der Waals surface area contributed by atoms with Gasteiger partial charge in [0.05, 0.1) is 11.3 Å². The third kappa shape index (κ3) is 2.25. The van der Waals surface area contributed by atoms with Crippen molar-refractivity contribution in [2.75, 3.05) is 17.6 Å². The van der Waals surface area contributed by atoms with Crippen LogP contribution in [0.4, 0.5) is 11.5 Å². The Balaban J connectivity index is 2.01. The Kier molecular flexibility index (Phi) is 3.25. The van der Waals surface area contributed by atoms with E-state index in [1.165, 1.54) is 25.7 Å². The summed E-state index contributed by atoms with van der Waals surface area (Å²) < 4.78 is 0. The number of nitrogens with two attached hydrogens (primary N) is 1. The van der Waals surface area contributed by atoms with E-state index in [0.717, 1.165) is 12.5 Å². The highest BCUT2D eigenvalue weighted by Gasteiger charge is 2.15. The van der Waals surface area contributed by atoms with Gasteiger partial charge in [-0.15, -0.1) is 0 Å². The maximum Gasteiger partial charge on any atom is 0.150 e. The summed E-state index contributed by atoms with van der Waals surface area (Å²) in [5.41, 5.74) is 6.78. The second-order valence-corrected chi connectivity index (χ2v) is 4.26. The number of hydrogen-bond donors (Lipinski definition) is 2. The Bertz CT molecular complexity index is 402. The average Bonchev–Trinajstić information content (AvgIpc) is 2.81. The molecule has 0 saturated heterocycles. The normalized spacial score (nSPS) is 15.9. The molecule has 1 saturated carbocycles. The fourth-order valence-corrected chi connectivity index (χ4v) is 2.17. The van der Waals surface area contributed by atoms with Gasteiger partial charge in [-0.25, -0.2) is 4.98 Å². The first kappa shape index (κ1) is 10.7. The first-order valence-electron chi connectivity index (χ1n) is 5.69. The van der Waals surface area contributed by atoms with Gasteiger partial charge in [0.1, 0.15) is 6.07 Å². The zero-order valence-electron chi connectivity index (χ0n) is 9.24. The maximum atomic E-state index is 8.84. The lowest BCUT2D eigenvalue weighted by atomic mass is 10.1. The van der Waals surface area contributed by atoms with Crippen LogP contribution in [-0.4, -0.2) is 11.5 Å². The molecule has 84 valence electrons. The van der Waals surface area contributed by atoms with Crippen LogP contribution in [0.5, 0.6) is 0 Å². The van der Waals surface area contributed by atoms with E-state index in [1.807, 2.05) is 0 Å². The Morgan fingerprint density at radius 2 is 2.25 bits per heavy atom. The number of nitrogen functional groups attached to an aromatic ring is 1. The average molecular weight is 216 g/mol. The van der Waals surface area contributed by atoms with Gasteiger partial charge in [0.2, 0.25) is 0 Å². The smallest absolute Gasteiger partial charge is 0.150 e. The molecule has 1 aliphatic carbocycles. The van der Waals surface area contributed by atoms with E-state index in [9.17, 15) is 0 Å². The number of pyridine rings is 1. The number of rotatable bonds is 3. The molecule has 4 nitrogen and oxygen atoms in total. The van der Waals surface area contributed by atoms with Crippen molar-refractivity contribution in [2.45, 2.75) is 25.7 Å². The molecule has 0 unspecified atom stereocenters. The number of nitrogens with one attached hydrogen (secondary N) is 1. The van der Waals surface area contributed by atoms with Crippen molar-refractivity contribution in [3.63, 3.8) is 0 Å². The van der Waals surface area contributed by atoms with E-state index in [0.29, 0.717) is 17.1 Å². The standard InChI is InChI=1S/C12H16N4/c13-7-10-5-6-15-12(11(10)14)16-8-9-3-1-2-4-9/h5-6,9H,1-4,8,14H2,(H,15,16). The lowest BCUT2D eigenvalue weighted by Gasteiger charge is -2.12. The van der Waals surface area contributed by atoms with Gasteiger partial charge >= 0.3 is 0 Å². The molecule has 1 aliphatic rings. The van der Waals surface area contributed by atoms with Gasteiger partial charge in [-0.1, -0.05) is 12.8 Å². The Morgan fingerprint density at radius 1 is 1.50 bits per heavy atom. The van der Waals surface area contributed by atoms with Gasteiger partial charge in [-0.05, 0) is 24.8 Å². The Labute approximate surface area is 95.5 Å². The summed E-state index contributed by atoms with van der Waals surface area (Å²) in [5.74, 6) is 1.37. The van der Waals surface area contributed by atoms with E-state index >= 15 is 0 Å². The van der Waals surface area contributed by atoms with E-state index in [-0.39, 0.29) is 0 Å². The van der Waals surface area contributed by atoms with Crippen molar-refractivity contribution in [3.05, 3.63) is 17.8 Å². The van der Waals surface area contributed by atoms with Crippen molar-refractivity contribution < 1.29 is 0 Å². The molecule has 0 aliphatic heterocycles. The van der Waals surface area contributed by atoms with Crippen LogP contribution in [0.3, 0.4) is 0 Å². The molecular formula is C12H16N4. The van der Waals surface area contributed by atoms with Crippen molar-refractivity contribution in [1.29, 1.82) is 5.26 Å². The minimum atomic E-state index is 0.461. The van der Waals surface area contributed by atoms with Crippen molar-refractivity contribution >= 4 is 11.5 Å². The van der Waals surface area contributed by atoms with E-state index in [1.54, 1.807) is 12.3 Å². The monoisotopic (exact) mass is 216 g/mol. The van der Waals surface area contributed by atoms with E-state index in [4.69, 9.17) is 11.0 Å². The van der Waals surface area contributed by atoms with Crippen LogP contribution >= 0.6 is 0 Å². The molecule has 1 aromatic rings. The van der Waals surface area contributed by atoms with Gasteiger partial charge < -0.3 is 11.1 Å². The Morgan fingerprint density at radius 3 is 2.94 bits per heavy atom. The van der Waals surface area contributed by atoms with E-state index in [2.05, 4.69) is 16.4 Å². The minimum absolute atomic E-state index is 0.461. The van der Waals surface area contributed by atoms with Gasteiger partial charge in [-0.2, -0.15) is 5.26 Å². The lowest BCUT2D eigenvalue weighted by Crippen LogP contribution is -2.13. The molecule has 1 fully saturated rings. The molecule has 0 atom stereocenters. The number of anilines is 2. The van der Waals surface area contributed by atoms with Gasteiger partial charge in [0.25, 0.3) is 0 Å². The highest BCUT2D eigenvalue weighted by molar-refractivity contribution is 5.68. The quantitative estimate of drug-likeness (QED) is 0.811. The van der Waals surface area contributed by atoms with Gasteiger partial charge in [0.15, 0.2) is 5.82 Å². The fraction of sp³-hybridized carbons (Fsp3) is 0.500. The number of nitriles is 1. The molecule has 3 N–H and O–H groups in total.